The van der Waals surface area contributed by atoms with Crippen LogP contribution < -0.4 is 5.32 Å². The molecule has 6 nitrogen and oxygen atoms in total. The number of nitrogens with one attached hydrogen (secondary N) is 1. The van der Waals surface area contributed by atoms with Gasteiger partial charge in [-0.05, 0) is 24.6 Å². The van der Waals surface area contributed by atoms with E-state index in [0.29, 0.717) is 19.5 Å². The second-order valence-electron chi connectivity index (χ2n) is 4.60. The number of nitrogens with zero attached hydrogens (tertiary/aromatic N) is 1. The molecule has 2 amide bonds. The van der Waals surface area contributed by atoms with Gasteiger partial charge in [0.15, 0.2) is 0 Å². The number of aromatic carboxylic acids is 1. The Balaban J connectivity index is 2.28. The fourth-order valence-corrected chi connectivity index (χ4v) is 2.31. The van der Waals surface area contributed by atoms with Crippen LogP contribution in [0, 0.1) is 0 Å². The lowest BCUT2D eigenvalue weighted by atomic mass is 10.1. The molecular weight excluding hydrogens is 260 g/mol. The Hall–Kier alpha value is -2.37. The summed E-state index contributed by atoms with van der Waals surface area (Å²) in [5, 5.41) is 11.7. The van der Waals surface area contributed by atoms with E-state index >= 15 is 0 Å². The zero-order valence-corrected chi connectivity index (χ0v) is 11.1. The van der Waals surface area contributed by atoms with Crippen LogP contribution in [0.3, 0.4) is 0 Å². The number of hydrogen-bond acceptors (Lipinski definition) is 3. The summed E-state index contributed by atoms with van der Waals surface area (Å²) in [6.45, 7) is 2.68. The van der Waals surface area contributed by atoms with Crippen LogP contribution in [0.2, 0.25) is 0 Å². The minimum absolute atomic E-state index is 0.0605. The first kappa shape index (κ1) is 14.0. The van der Waals surface area contributed by atoms with E-state index in [2.05, 4.69) is 5.32 Å². The average molecular weight is 276 g/mol. The number of carboxylic acid groups (broad SMARTS) is 1. The van der Waals surface area contributed by atoms with Crippen LogP contribution in [0.1, 0.15) is 34.1 Å². The van der Waals surface area contributed by atoms with Gasteiger partial charge in [0.25, 0.3) is 5.91 Å². The van der Waals surface area contributed by atoms with E-state index in [1.54, 1.807) is 6.07 Å². The topological polar surface area (TPSA) is 86.7 Å². The molecule has 0 unspecified atom stereocenters. The molecule has 1 aromatic rings. The van der Waals surface area contributed by atoms with Gasteiger partial charge in [-0.1, -0.05) is 13.0 Å². The lowest BCUT2D eigenvalue weighted by Crippen LogP contribution is -2.56. The van der Waals surface area contributed by atoms with Gasteiger partial charge in [-0.25, -0.2) is 4.79 Å². The molecule has 106 valence electrons. The largest absolute Gasteiger partial charge is 0.478 e. The van der Waals surface area contributed by atoms with Crippen molar-refractivity contribution in [3.8, 4) is 0 Å². The molecule has 0 radical (unpaired) electrons. The molecule has 1 heterocycles. The molecule has 20 heavy (non-hydrogen) atoms. The van der Waals surface area contributed by atoms with Gasteiger partial charge in [0.05, 0.1) is 5.56 Å². The summed E-state index contributed by atoms with van der Waals surface area (Å²) >= 11 is 0. The second-order valence-corrected chi connectivity index (χ2v) is 4.60. The van der Waals surface area contributed by atoms with Crippen molar-refractivity contribution in [3.05, 3.63) is 35.4 Å². The highest BCUT2D eigenvalue weighted by Crippen LogP contribution is 2.15. The molecule has 0 aromatic heterocycles. The highest BCUT2D eigenvalue weighted by molar-refractivity contribution is 6.00. The normalized spacial score (nSPS) is 18.6. The van der Waals surface area contributed by atoms with E-state index in [-0.39, 0.29) is 22.9 Å². The first-order chi connectivity index (χ1) is 9.54. The predicted molar refractivity (Wildman–Crippen MR) is 71.5 cm³/mol. The van der Waals surface area contributed by atoms with E-state index in [4.69, 9.17) is 5.11 Å². The maximum absolute atomic E-state index is 12.4. The maximum Gasteiger partial charge on any atom is 0.335 e. The molecule has 0 saturated carbocycles. The van der Waals surface area contributed by atoms with Crippen LogP contribution in [0.4, 0.5) is 0 Å². The Labute approximate surface area is 116 Å². The SMILES string of the molecule is CC[C@@H]1C(=O)NCCN1C(=O)c1cccc(C(=O)O)c1. The molecule has 0 aliphatic carbocycles. The van der Waals surface area contributed by atoms with Crippen molar-refractivity contribution in [2.24, 2.45) is 0 Å². The van der Waals surface area contributed by atoms with Gasteiger partial charge >= 0.3 is 5.97 Å². The van der Waals surface area contributed by atoms with Crippen LogP contribution >= 0.6 is 0 Å². The summed E-state index contributed by atoms with van der Waals surface area (Å²) in [5.41, 5.74) is 0.350. The van der Waals surface area contributed by atoms with Crippen molar-refractivity contribution in [2.75, 3.05) is 13.1 Å². The number of hydrogen-bond donors (Lipinski definition) is 2. The van der Waals surface area contributed by atoms with Crippen molar-refractivity contribution >= 4 is 17.8 Å². The standard InChI is InChI=1S/C14H16N2O4/c1-2-11-12(17)15-6-7-16(11)13(18)9-4-3-5-10(8-9)14(19)20/h3-5,8,11H,2,6-7H2,1H3,(H,15,17)(H,19,20)/t11-/m1/s1. The third-order valence-corrected chi connectivity index (χ3v) is 3.33. The van der Waals surface area contributed by atoms with E-state index in [0.717, 1.165) is 0 Å². The highest BCUT2D eigenvalue weighted by atomic mass is 16.4. The number of carboxylic acids is 1. The van der Waals surface area contributed by atoms with Crippen LogP contribution in [-0.4, -0.2) is 46.9 Å². The summed E-state index contributed by atoms with van der Waals surface area (Å²) in [4.78, 5) is 36.6. The highest BCUT2D eigenvalue weighted by Gasteiger charge is 2.32. The van der Waals surface area contributed by atoms with Crippen molar-refractivity contribution in [2.45, 2.75) is 19.4 Å². The van der Waals surface area contributed by atoms with Gasteiger partial charge in [0.2, 0.25) is 5.91 Å². The number of rotatable bonds is 3. The van der Waals surface area contributed by atoms with Gasteiger partial charge in [-0.15, -0.1) is 0 Å². The lowest BCUT2D eigenvalue weighted by Gasteiger charge is -2.34. The van der Waals surface area contributed by atoms with Crippen molar-refractivity contribution < 1.29 is 19.5 Å². The third-order valence-electron chi connectivity index (χ3n) is 3.33. The fourth-order valence-electron chi connectivity index (χ4n) is 2.31. The van der Waals surface area contributed by atoms with E-state index in [1.807, 2.05) is 6.92 Å². The molecule has 1 aliphatic rings. The van der Waals surface area contributed by atoms with Gasteiger partial charge in [0, 0.05) is 18.7 Å². The predicted octanol–water partition coefficient (Wildman–Crippen LogP) is 0.735. The van der Waals surface area contributed by atoms with E-state index < -0.39 is 12.0 Å². The van der Waals surface area contributed by atoms with Gasteiger partial charge in [0.1, 0.15) is 6.04 Å². The van der Waals surface area contributed by atoms with E-state index in [9.17, 15) is 14.4 Å². The fraction of sp³-hybridized carbons (Fsp3) is 0.357. The quantitative estimate of drug-likeness (QED) is 0.852. The summed E-state index contributed by atoms with van der Waals surface area (Å²) in [5.74, 6) is -1.56. The molecule has 1 atom stereocenters. The zero-order chi connectivity index (χ0) is 14.7. The van der Waals surface area contributed by atoms with E-state index in [1.165, 1.54) is 23.1 Å². The Morgan fingerprint density at radius 1 is 1.40 bits per heavy atom. The molecular formula is C14H16N2O4. The zero-order valence-electron chi connectivity index (χ0n) is 11.1. The number of carbonyl (C=O) groups excluding carboxylic acids is 2. The van der Waals surface area contributed by atoms with Gasteiger partial charge in [-0.2, -0.15) is 0 Å². The Kier molecular flexibility index (Phi) is 4.02. The Bertz CT molecular complexity index is 556. The molecule has 0 spiro atoms. The summed E-state index contributed by atoms with van der Waals surface area (Å²) in [6, 6.07) is 5.36. The minimum atomic E-state index is -1.08. The van der Waals surface area contributed by atoms with Crippen LogP contribution in [0.15, 0.2) is 24.3 Å². The first-order valence-corrected chi connectivity index (χ1v) is 6.46. The Morgan fingerprint density at radius 3 is 2.75 bits per heavy atom. The Morgan fingerprint density at radius 2 is 2.10 bits per heavy atom. The molecule has 2 rings (SSSR count). The van der Waals surface area contributed by atoms with Gasteiger partial charge in [-0.3, -0.25) is 9.59 Å². The van der Waals surface area contributed by atoms with Crippen molar-refractivity contribution in [1.29, 1.82) is 0 Å². The molecule has 1 saturated heterocycles. The molecule has 6 heteroatoms. The molecule has 1 fully saturated rings. The number of benzene rings is 1. The molecule has 1 aromatic carbocycles. The summed E-state index contributed by atoms with van der Waals surface area (Å²) < 4.78 is 0. The molecule has 0 bridgehead atoms. The first-order valence-electron chi connectivity index (χ1n) is 6.46. The summed E-state index contributed by atoms with van der Waals surface area (Å²) in [7, 11) is 0. The molecule has 2 N–H and O–H groups in total. The number of amides is 2. The summed E-state index contributed by atoms with van der Waals surface area (Å²) in [6.07, 6.45) is 0.524. The van der Waals surface area contributed by atoms with Crippen molar-refractivity contribution in [3.63, 3.8) is 0 Å². The van der Waals surface area contributed by atoms with Crippen LogP contribution in [-0.2, 0) is 4.79 Å². The third kappa shape index (κ3) is 2.64. The lowest BCUT2D eigenvalue weighted by molar-refractivity contribution is -0.127. The van der Waals surface area contributed by atoms with Gasteiger partial charge < -0.3 is 15.3 Å². The van der Waals surface area contributed by atoms with Crippen molar-refractivity contribution in [1.82, 2.24) is 10.2 Å². The number of carbonyl (C=O) groups is 3. The maximum atomic E-state index is 12.4. The minimum Gasteiger partial charge on any atom is -0.478 e. The second kappa shape index (κ2) is 5.73. The number of piperazine rings is 1. The smallest absolute Gasteiger partial charge is 0.335 e. The molecule has 1 aliphatic heterocycles. The van der Waals surface area contributed by atoms with Crippen LogP contribution in [0.25, 0.3) is 0 Å². The average Bonchev–Trinajstić information content (AvgIpc) is 2.46. The monoisotopic (exact) mass is 276 g/mol. The van der Waals surface area contributed by atoms with Crippen LogP contribution in [0.5, 0.6) is 0 Å².